The number of nitro benzene ring substituents is 2. The summed E-state index contributed by atoms with van der Waals surface area (Å²) in [6.07, 6.45) is 0. The number of aliphatic imine (C=N–C) groups is 1. The number of benzene rings is 1. The van der Waals surface area contributed by atoms with E-state index in [0.717, 1.165) is 0 Å². The lowest BCUT2D eigenvalue weighted by molar-refractivity contribution is -0.422. The second kappa shape index (κ2) is 3.63. The van der Waals surface area contributed by atoms with E-state index in [1.807, 2.05) is 0 Å². The Morgan fingerprint density at radius 2 is 1.75 bits per heavy atom. The zero-order chi connectivity index (χ0) is 11.9. The van der Waals surface area contributed by atoms with Crippen LogP contribution in [-0.4, -0.2) is 14.5 Å². The number of fused-ring (bicyclic) bond motifs is 1. The summed E-state index contributed by atoms with van der Waals surface area (Å²) >= 11 is 3.14. The molecule has 1 aliphatic heterocycles. The second-order valence-electron chi connectivity index (χ2n) is 3.12. The van der Waals surface area contributed by atoms with Crippen molar-refractivity contribution in [3.63, 3.8) is 0 Å². The van der Waals surface area contributed by atoms with Crippen molar-refractivity contribution in [3.8, 4) is 0 Å². The summed E-state index contributed by atoms with van der Waals surface area (Å²) < 4.78 is 0.487. The van der Waals surface area contributed by atoms with E-state index in [2.05, 4.69) is 20.9 Å². The molecule has 1 aromatic carbocycles. The first-order valence-corrected chi connectivity index (χ1v) is 4.96. The van der Waals surface area contributed by atoms with Gasteiger partial charge in [-0.05, 0) is 21.5 Å². The Morgan fingerprint density at radius 3 is 2.31 bits per heavy atom. The molecule has 0 aliphatic carbocycles. The minimum absolute atomic E-state index is 0.300. The van der Waals surface area contributed by atoms with Gasteiger partial charge in [-0.15, -0.1) is 0 Å². The lowest BCUT2D eigenvalue weighted by Crippen LogP contribution is -2.00. The quantitative estimate of drug-likeness (QED) is 0.614. The van der Waals surface area contributed by atoms with Gasteiger partial charge < -0.3 is 0 Å². The van der Waals surface area contributed by atoms with Crippen molar-refractivity contribution in [2.45, 2.75) is 6.54 Å². The predicted molar refractivity (Wildman–Crippen MR) is 58.9 cm³/mol. The summed E-state index contributed by atoms with van der Waals surface area (Å²) in [5, 5.41) is 21.3. The highest BCUT2D eigenvalue weighted by molar-refractivity contribution is 9.18. The summed E-state index contributed by atoms with van der Waals surface area (Å²) in [7, 11) is 0. The van der Waals surface area contributed by atoms with Gasteiger partial charge in [-0.2, -0.15) is 0 Å². The summed E-state index contributed by atoms with van der Waals surface area (Å²) in [6, 6.07) is 2.37. The molecule has 1 heterocycles. The molecule has 1 aliphatic rings. The molecule has 0 amide bonds. The average molecular weight is 286 g/mol. The monoisotopic (exact) mass is 285 g/mol. The van der Waals surface area contributed by atoms with E-state index in [9.17, 15) is 20.2 Å². The van der Waals surface area contributed by atoms with Gasteiger partial charge in [0, 0.05) is 17.7 Å². The SMILES string of the molecule is O=[N+]([O-])c1cc2c(cc1[N+](=O)[O-])C(Br)=NC2. The highest BCUT2D eigenvalue weighted by Gasteiger charge is 2.29. The van der Waals surface area contributed by atoms with Gasteiger partial charge in [-0.3, -0.25) is 25.2 Å². The van der Waals surface area contributed by atoms with Crippen molar-refractivity contribution in [3.05, 3.63) is 43.5 Å². The van der Waals surface area contributed by atoms with Crippen LogP contribution in [0.25, 0.3) is 0 Å². The molecule has 0 atom stereocenters. The molecule has 0 N–H and O–H groups in total. The van der Waals surface area contributed by atoms with Crippen LogP contribution in [0, 0.1) is 20.2 Å². The Balaban J connectivity index is 2.67. The van der Waals surface area contributed by atoms with Crippen LogP contribution in [0.1, 0.15) is 11.1 Å². The van der Waals surface area contributed by atoms with Gasteiger partial charge in [0.1, 0.15) is 4.62 Å². The van der Waals surface area contributed by atoms with Crippen molar-refractivity contribution in [1.82, 2.24) is 0 Å². The summed E-state index contributed by atoms with van der Waals surface area (Å²) in [4.78, 5) is 23.8. The van der Waals surface area contributed by atoms with Crippen LogP contribution in [0.4, 0.5) is 11.4 Å². The molecule has 2 rings (SSSR count). The van der Waals surface area contributed by atoms with Crippen LogP contribution < -0.4 is 0 Å². The number of nitrogens with zero attached hydrogens (tertiary/aromatic N) is 3. The molecule has 0 saturated heterocycles. The van der Waals surface area contributed by atoms with Crippen LogP contribution in [0.3, 0.4) is 0 Å². The van der Waals surface area contributed by atoms with Gasteiger partial charge in [-0.1, -0.05) is 0 Å². The number of nitro groups is 2. The fraction of sp³-hybridized carbons (Fsp3) is 0.125. The minimum atomic E-state index is -0.767. The molecule has 8 heteroatoms. The van der Waals surface area contributed by atoms with Crippen molar-refractivity contribution in [2.75, 3.05) is 0 Å². The standard InChI is InChI=1S/C8H4BrN3O4/c9-8-5-2-7(12(15)16)6(11(13)14)1-4(5)3-10-8/h1-2H,3H2. The molecule has 7 nitrogen and oxygen atoms in total. The van der Waals surface area contributed by atoms with Gasteiger partial charge in [0.2, 0.25) is 0 Å². The Kier molecular flexibility index (Phi) is 2.43. The van der Waals surface area contributed by atoms with Crippen LogP contribution >= 0.6 is 15.9 Å². The highest BCUT2D eigenvalue weighted by Crippen LogP contribution is 2.34. The van der Waals surface area contributed by atoms with Crippen LogP contribution in [0.15, 0.2) is 17.1 Å². The lowest BCUT2D eigenvalue weighted by atomic mass is 10.1. The normalized spacial score (nSPS) is 13.2. The smallest absolute Gasteiger partial charge is 0.272 e. The summed E-state index contributed by atoms with van der Waals surface area (Å²) in [5.41, 5.74) is 0.139. The second-order valence-corrected chi connectivity index (χ2v) is 3.87. The maximum absolute atomic E-state index is 10.7. The van der Waals surface area contributed by atoms with Crippen LogP contribution in [0.2, 0.25) is 0 Å². The van der Waals surface area contributed by atoms with Crippen molar-refractivity contribution in [2.24, 2.45) is 4.99 Å². The molecule has 0 unspecified atom stereocenters. The van der Waals surface area contributed by atoms with Gasteiger partial charge in [0.25, 0.3) is 0 Å². The first-order chi connectivity index (χ1) is 7.50. The van der Waals surface area contributed by atoms with E-state index < -0.39 is 21.2 Å². The maximum atomic E-state index is 10.7. The summed E-state index contributed by atoms with van der Waals surface area (Å²) in [5.74, 6) is 0. The largest absolute Gasteiger partial charge is 0.346 e. The Morgan fingerprint density at radius 1 is 1.19 bits per heavy atom. The Bertz CT molecular complexity index is 540. The lowest BCUT2D eigenvalue weighted by Gasteiger charge is -1.99. The fourth-order valence-electron chi connectivity index (χ4n) is 1.48. The summed E-state index contributed by atoms with van der Waals surface area (Å²) in [6.45, 7) is 0.300. The zero-order valence-electron chi connectivity index (χ0n) is 7.71. The number of rotatable bonds is 2. The first kappa shape index (κ1) is 10.7. The van der Waals surface area contributed by atoms with Crippen molar-refractivity contribution >= 4 is 31.9 Å². The number of hydrogen-bond acceptors (Lipinski definition) is 5. The third-order valence-corrected chi connectivity index (χ3v) is 2.88. The van der Waals surface area contributed by atoms with E-state index in [1.165, 1.54) is 12.1 Å². The molecule has 82 valence electrons. The molecule has 0 spiro atoms. The van der Waals surface area contributed by atoms with Gasteiger partial charge in [0.05, 0.1) is 16.4 Å². The average Bonchev–Trinajstić information content (AvgIpc) is 2.58. The van der Waals surface area contributed by atoms with E-state index in [1.54, 1.807) is 0 Å². The topological polar surface area (TPSA) is 98.6 Å². The molecule has 0 saturated carbocycles. The van der Waals surface area contributed by atoms with E-state index in [0.29, 0.717) is 22.3 Å². The van der Waals surface area contributed by atoms with Crippen molar-refractivity contribution < 1.29 is 9.85 Å². The molecule has 0 radical (unpaired) electrons. The zero-order valence-corrected chi connectivity index (χ0v) is 9.30. The number of halogens is 1. The maximum Gasteiger partial charge on any atom is 0.346 e. The number of hydrogen-bond donors (Lipinski definition) is 0. The molecule has 1 aromatic rings. The molecule has 0 bridgehead atoms. The van der Waals surface area contributed by atoms with E-state index >= 15 is 0 Å². The first-order valence-electron chi connectivity index (χ1n) is 4.16. The van der Waals surface area contributed by atoms with E-state index in [4.69, 9.17) is 0 Å². The minimum Gasteiger partial charge on any atom is -0.272 e. The fourth-order valence-corrected chi connectivity index (χ4v) is 1.97. The molecule has 0 fully saturated rings. The van der Waals surface area contributed by atoms with Gasteiger partial charge in [-0.25, -0.2) is 0 Å². The van der Waals surface area contributed by atoms with Crippen LogP contribution in [-0.2, 0) is 6.54 Å². The van der Waals surface area contributed by atoms with Crippen molar-refractivity contribution in [1.29, 1.82) is 0 Å². The Hall–Kier alpha value is -1.83. The van der Waals surface area contributed by atoms with Gasteiger partial charge >= 0.3 is 11.4 Å². The molecular formula is C8H4BrN3O4. The predicted octanol–water partition coefficient (Wildman–Crippen LogP) is 2.16. The van der Waals surface area contributed by atoms with Gasteiger partial charge in [0.15, 0.2) is 0 Å². The Labute approximate surface area is 97.2 Å². The third kappa shape index (κ3) is 1.56. The highest BCUT2D eigenvalue weighted by atomic mass is 79.9. The molecule has 16 heavy (non-hydrogen) atoms. The van der Waals surface area contributed by atoms with E-state index in [-0.39, 0.29) is 0 Å². The molecular weight excluding hydrogens is 282 g/mol. The third-order valence-electron chi connectivity index (χ3n) is 2.20. The van der Waals surface area contributed by atoms with Crippen LogP contribution in [0.5, 0.6) is 0 Å². The molecule has 0 aromatic heterocycles.